The summed E-state index contributed by atoms with van der Waals surface area (Å²) in [6.07, 6.45) is 0.207. The molecule has 1 rings (SSSR count). The Morgan fingerprint density at radius 1 is 1.44 bits per heavy atom. The molecule has 104 valence electrons. The van der Waals surface area contributed by atoms with E-state index in [4.69, 9.17) is 0 Å². The molecule has 1 aliphatic rings. The zero-order valence-corrected chi connectivity index (χ0v) is 11.1. The number of amides is 1. The smallest absolute Gasteiger partial charge is 0.307 e. The van der Waals surface area contributed by atoms with Gasteiger partial charge in [-0.15, -0.1) is 0 Å². The van der Waals surface area contributed by atoms with Crippen LogP contribution >= 0.6 is 0 Å². The second-order valence-electron chi connectivity index (χ2n) is 4.15. The molecule has 1 aliphatic heterocycles. The molecule has 0 radical (unpaired) electrons. The molecule has 1 heterocycles. The maximum Gasteiger partial charge on any atom is 0.307 e. The van der Waals surface area contributed by atoms with Crippen molar-refractivity contribution in [3.8, 4) is 0 Å². The highest BCUT2D eigenvalue weighted by atomic mass is 32.2. The average Bonchev–Trinajstić information content (AvgIpc) is 2.27. The van der Waals surface area contributed by atoms with Gasteiger partial charge < -0.3 is 15.4 Å². The molecule has 1 fully saturated rings. The van der Waals surface area contributed by atoms with E-state index in [1.807, 2.05) is 0 Å². The van der Waals surface area contributed by atoms with Gasteiger partial charge in [-0.25, -0.2) is 8.42 Å². The number of nitrogens with one attached hydrogen (secondary N) is 2. The van der Waals surface area contributed by atoms with Crippen molar-refractivity contribution in [1.29, 1.82) is 0 Å². The first-order valence-electron chi connectivity index (χ1n) is 5.70. The van der Waals surface area contributed by atoms with Crippen LogP contribution in [-0.2, 0) is 24.2 Å². The number of methoxy groups -OCH3 is 1. The van der Waals surface area contributed by atoms with Crippen molar-refractivity contribution < 1.29 is 22.7 Å². The minimum absolute atomic E-state index is 0.0164. The lowest BCUT2D eigenvalue weighted by molar-refractivity contribution is -0.140. The van der Waals surface area contributed by atoms with Crippen LogP contribution in [0.2, 0.25) is 0 Å². The normalized spacial score (nSPS) is 22.2. The minimum Gasteiger partial charge on any atom is -0.469 e. The Hall–Kier alpha value is -1.15. The summed E-state index contributed by atoms with van der Waals surface area (Å²) in [5.41, 5.74) is 0. The number of hydrogen-bond acceptors (Lipinski definition) is 6. The van der Waals surface area contributed by atoms with E-state index < -0.39 is 15.8 Å². The first kappa shape index (κ1) is 14.9. The summed E-state index contributed by atoms with van der Waals surface area (Å²) in [6.45, 7) is 0.577. The van der Waals surface area contributed by atoms with E-state index in [0.29, 0.717) is 6.54 Å². The summed E-state index contributed by atoms with van der Waals surface area (Å²) in [4.78, 5) is 22.3. The van der Waals surface area contributed by atoms with Crippen LogP contribution in [0.3, 0.4) is 0 Å². The van der Waals surface area contributed by atoms with E-state index >= 15 is 0 Å². The zero-order chi connectivity index (χ0) is 13.6. The zero-order valence-electron chi connectivity index (χ0n) is 10.3. The summed E-state index contributed by atoms with van der Waals surface area (Å²) in [5, 5.41) is 5.53. The molecule has 0 aromatic heterocycles. The lowest BCUT2D eigenvalue weighted by Crippen LogP contribution is -2.47. The fourth-order valence-electron chi connectivity index (χ4n) is 1.70. The number of hydrogen-bond donors (Lipinski definition) is 2. The summed E-state index contributed by atoms with van der Waals surface area (Å²) < 4.78 is 27.1. The second-order valence-corrected chi connectivity index (χ2v) is 6.37. The van der Waals surface area contributed by atoms with Gasteiger partial charge in [0.15, 0.2) is 9.84 Å². The van der Waals surface area contributed by atoms with Crippen LogP contribution in [0.5, 0.6) is 0 Å². The van der Waals surface area contributed by atoms with Gasteiger partial charge in [-0.3, -0.25) is 9.59 Å². The molecule has 0 saturated carbocycles. The van der Waals surface area contributed by atoms with Gasteiger partial charge in [0.1, 0.15) is 0 Å². The monoisotopic (exact) mass is 278 g/mol. The van der Waals surface area contributed by atoms with E-state index in [2.05, 4.69) is 15.4 Å². The number of carbonyl (C=O) groups is 2. The van der Waals surface area contributed by atoms with Crippen molar-refractivity contribution in [2.75, 3.05) is 31.7 Å². The van der Waals surface area contributed by atoms with Crippen LogP contribution in [0.4, 0.5) is 0 Å². The van der Waals surface area contributed by atoms with Crippen molar-refractivity contribution in [3.05, 3.63) is 0 Å². The van der Waals surface area contributed by atoms with Crippen LogP contribution in [0, 0.1) is 0 Å². The third-order valence-corrected chi connectivity index (χ3v) is 4.35. The standard InChI is InChI=1S/C10H18N2O5S/c1-17-10(14)2-3-12-9(13)6-8-7-18(15,16)5-4-11-8/h8,11H,2-7H2,1H3,(H,12,13). The Morgan fingerprint density at radius 3 is 2.78 bits per heavy atom. The molecule has 18 heavy (non-hydrogen) atoms. The molecule has 1 unspecified atom stereocenters. The van der Waals surface area contributed by atoms with E-state index in [9.17, 15) is 18.0 Å². The average molecular weight is 278 g/mol. The van der Waals surface area contributed by atoms with Crippen molar-refractivity contribution in [2.24, 2.45) is 0 Å². The van der Waals surface area contributed by atoms with Gasteiger partial charge in [-0.05, 0) is 0 Å². The maximum absolute atomic E-state index is 11.5. The Morgan fingerprint density at radius 2 is 2.17 bits per heavy atom. The van der Waals surface area contributed by atoms with Gasteiger partial charge in [0.05, 0.1) is 25.0 Å². The van der Waals surface area contributed by atoms with Gasteiger partial charge in [0, 0.05) is 25.6 Å². The summed E-state index contributed by atoms with van der Waals surface area (Å²) in [5.74, 6) is -0.563. The minimum atomic E-state index is -3.03. The quantitative estimate of drug-likeness (QED) is 0.590. The topological polar surface area (TPSA) is 102 Å². The van der Waals surface area contributed by atoms with Gasteiger partial charge in [0.25, 0.3) is 0 Å². The Kier molecular flexibility index (Phi) is 5.54. The van der Waals surface area contributed by atoms with Crippen LogP contribution in [0.15, 0.2) is 0 Å². The summed E-state index contributed by atoms with van der Waals surface area (Å²) in [6, 6.07) is -0.345. The third-order valence-electron chi connectivity index (χ3n) is 2.61. The van der Waals surface area contributed by atoms with Crippen molar-refractivity contribution in [1.82, 2.24) is 10.6 Å². The van der Waals surface area contributed by atoms with E-state index in [-0.39, 0.29) is 42.8 Å². The second kappa shape index (κ2) is 6.69. The largest absolute Gasteiger partial charge is 0.469 e. The lowest BCUT2D eigenvalue weighted by atomic mass is 10.2. The molecular formula is C10H18N2O5S. The van der Waals surface area contributed by atoms with Gasteiger partial charge in [0.2, 0.25) is 5.91 Å². The predicted molar refractivity (Wildman–Crippen MR) is 64.7 cm³/mol. The van der Waals surface area contributed by atoms with Gasteiger partial charge in [-0.2, -0.15) is 0 Å². The van der Waals surface area contributed by atoms with E-state index in [1.165, 1.54) is 7.11 Å². The van der Waals surface area contributed by atoms with Crippen LogP contribution in [0.1, 0.15) is 12.8 Å². The Balaban J connectivity index is 2.26. The molecule has 0 aromatic carbocycles. The van der Waals surface area contributed by atoms with Crippen LogP contribution in [-0.4, -0.2) is 58.0 Å². The Bertz CT molecular complexity index is 406. The molecule has 0 aromatic rings. The first-order chi connectivity index (χ1) is 8.43. The van der Waals surface area contributed by atoms with Crippen LogP contribution in [0.25, 0.3) is 0 Å². The molecule has 7 nitrogen and oxygen atoms in total. The third kappa shape index (κ3) is 5.46. The van der Waals surface area contributed by atoms with Crippen LogP contribution < -0.4 is 10.6 Å². The van der Waals surface area contributed by atoms with Crippen molar-refractivity contribution in [3.63, 3.8) is 0 Å². The highest BCUT2D eigenvalue weighted by Crippen LogP contribution is 2.04. The molecule has 1 amide bonds. The lowest BCUT2D eigenvalue weighted by Gasteiger charge is -2.23. The number of ether oxygens (including phenoxy) is 1. The number of carbonyl (C=O) groups excluding carboxylic acids is 2. The van der Waals surface area contributed by atoms with E-state index in [1.54, 1.807) is 0 Å². The molecule has 1 atom stereocenters. The molecule has 1 saturated heterocycles. The van der Waals surface area contributed by atoms with Crippen molar-refractivity contribution >= 4 is 21.7 Å². The first-order valence-corrected chi connectivity index (χ1v) is 7.52. The fourth-order valence-corrected chi connectivity index (χ4v) is 3.14. The Labute approximate surface area is 106 Å². The highest BCUT2D eigenvalue weighted by Gasteiger charge is 2.25. The molecule has 0 aliphatic carbocycles. The van der Waals surface area contributed by atoms with Gasteiger partial charge >= 0.3 is 5.97 Å². The molecule has 0 spiro atoms. The fraction of sp³-hybridized carbons (Fsp3) is 0.800. The maximum atomic E-state index is 11.5. The highest BCUT2D eigenvalue weighted by molar-refractivity contribution is 7.91. The number of esters is 1. The van der Waals surface area contributed by atoms with E-state index in [0.717, 1.165) is 0 Å². The van der Waals surface area contributed by atoms with Gasteiger partial charge in [-0.1, -0.05) is 0 Å². The number of sulfone groups is 1. The molecule has 2 N–H and O–H groups in total. The summed E-state index contributed by atoms with van der Waals surface area (Å²) in [7, 11) is -1.75. The predicted octanol–water partition coefficient (Wildman–Crippen LogP) is -1.56. The van der Waals surface area contributed by atoms with Crippen molar-refractivity contribution in [2.45, 2.75) is 18.9 Å². The SMILES string of the molecule is COC(=O)CCNC(=O)CC1CS(=O)(=O)CCN1. The molecular weight excluding hydrogens is 260 g/mol. The summed E-state index contributed by atoms with van der Waals surface area (Å²) >= 11 is 0. The number of rotatable bonds is 5. The molecule has 8 heteroatoms. The molecule has 0 bridgehead atoms.